The molecule has 0 spiro atoms. The minimum atomic E-state index is -0.635. The van der Waals surface area contributed by atoms with Gasteiger partial charge in [0.2, 0.25) is 11.8 Å². The summed E-state index contributed by atoms with van der Waals surface area (Å²) in [5.41, 5.74) is 2.92. The van der Waals surface area contributed by atoms with Crippen molar-refractivity contribution in [3.63, 3.8) is 0 Å². The maximum Gasteiger partial charge on any atom is 0.242 e. The molecule has 0 heterocycles. The Morgan fingerprint density at radius 2 is 1.68 bits per heavy atom. The van der Waals surface area contributed by atoms with E-state index < -0.39 is 6.04 Å². The first-order valence-corrected chi connectivity index (χ1v) is 13.4. The maximum atomic E-state index is 13.5. The van der Waals surface area contributed by atoms with Crippen molar-refractivity contribution in [2.75, 3.05) is 12.8 Å². The van der Waals surface area contributed by atoms with Crippen LogP contribution in [0.15, 0.2) is 77.3 Å². The van der Waals surface area contributed by atoms with Gasteiger partial charge in [-0.2, -0.15) is 0 Å². The maximum absolute atomic E-state index is 13.5. The number of nitrogens with zero attached hydrogens (tertiary/aromatic N) is 1. The Kier molecular flexibility index (Phi) is 10.3. The first-order chi connectivity index (χ1) is 16.4. The molecule has 0 saturated heterocycles. The number of carbonyl (C=O) groups is 2. The summed E-state index contributed by atoms with van der Waals surface area (Å²) < 4.78 is 0.922. The van der Waals surface area contributed by atoms with E-state index in [1.165, 1.54) is 11.8 Å². The molecule has 4 nitrogen and oxygen atoms in total. The number of thioether (sulfide) groups is 1. The molecule has 0 aliphatic carbocycles. The second-order valence-electron chi connectivity index (χ2n) is 7.71. The van der Waals surface area contributed by atoms with Crippen LogP contribution in [0.3, 0.4) is 0 Å². The second kappa shape index (κ2) is 13.2. The number of benzene rings is 3. The Balaban J connectivity index is 1.80. The lowest BCUT2D eigenvalue weighted by Gasteiger charge is -2.31. The number of hydrogen-bond donors (Lipinski definition) is 1. The van der Waals surface area contributed by atoms with E-state index in [4.69, 9.17) is 23.2 Å². The molecule has 2 amide bonds. The predicted molar refractivity (Wildman–Crippen MR) is 145 cm³/mol. The zero-order chi connectivity index (χ0) is 24.5. The number of rotatable bonds is 10. The lowest BCUT2D eigenvalue weighted by atomic mass is 10.0. The van der Waals surface area contributed by atoms with Gasteiger partial charge in [0, 0.05) is 30.2 Å². The standard InChI is InChI=1S/C26H25BrCl2N2O2S/c1-30-26(33)24(14-18-6-3-2-4-7-18)31(15-19-8-5-9-21(27)12-19)25(32)17-34-16-20-10-11-22(28)23(29)13-20/h2-13,24H,14-17H2,1H3,(H,30,33)/t24-/m1/s1. The van der Waals surface area contributed by atoms with Crippen LogP contribution < -0.4 is 5.32 Å². The fraction of sp³-hybridized carbons (Fsp3) is 0.231. The van der Waals surface area contributed by atoms with Crippen LogP contribution in [0.5, 0.6) is 0 Å². The molecule has 8 heteroatoms. The first kappa shape index (κ1) is 26.6. The number of halogens is 3. The highest BCUT2D eigenvalue weighted by molar-refractivity contribution is 9.10. The Hall–Kier alpha value is -1.99. The lowest BCUT2D eigenvalue weighted by molar-refractivity contribution is -0.139. The monoisotopic (exact) mass is 578 g/mol. The third-order valence-corrected chi connectivity index (χ3v) is 7.46. The van der Waals surface area contributed by atoms with Crippen molar-refractivity contribution in [3.8, 4) is 0 Å². The molecule has 34 heavy (non-hydrogen) atoms. The van der Waals surface area contributed by atoms with Crippen LogP contribution in [-0.4, -0.2) is 35.6 Å². The van der Waals surface area contributed by atoms with E-state index in [-0.39, 0.29) is 17.6 Å². The molecular weight excluding hydrogens is 555 g/mol. The van der Waals surface area contributed by atoms with E-state index in [9.17, 15) is 9.59 Å². The summed E-state index contributed by atoms with van der Waals surface area (Å²) in [7, 11) is 1.60. The van der Waals surface area contributed by atoms with Crippen LogP contribution in [0, 0.1) is 0 Å². The third kappa shape index (κ3) is 7.77. The van der Waals surface area contributed by atoms with Crippen molar-refractivity contribution < 1.29 is 9.59 Å². The number of carbonyl (C=O) groups excluding carboxylic acids is 2. The van der Waals surface area contributed by atoms with Crippen LogP contribution in [0.1, 0.15) is 16.7 Å². The van der Waals surface area contributed by atoms with Gasteiger partial charge in [0.15, 0.2) is 0 Å². The van der Waals surface area contributed by atoms with Crippen LogP contribution >= 0.6 is 50.9 Å². The zero-order valence-electron chi connectivity index (χ0n) is 18.6. The fourth-order valence-electron chi connectivity index (χ4n) is 3.52. The largest absolute Gasteiger partial charge is 0.357 e. The number of amides is 2. The highest BCUT2D eigenvalue weighted by Gasteiger charge is 2.29. The zero-order valence-corrected chi connectivity index (χ0v) is 22.6. The van der Waals surface area contributed by atoms with E-state index in [0.29, 0.717) is 28.8 Å². The average Bonchev–Trinajstić information content (AvgIpc) is 2.83. The second-order valence-corrected chi connectivity index (χ2v) is 10.4. The smallest absolute Gasteiger partial charge is 0.242 e. The fourth-order valence-corrected chi connectivity index (χ4v) is 5.15. The topological polar surface area (TPSA) is 49.4 Å². The van der Waals surface area contributed by atoms with Crippen molar-refractivity contribution in [1.82, 2.24) is 10.2 Å². The minimum absolute atomic E-state index is 0.102. The van der Waals surface area contributed by atoms with Gasteiger partial charge < -0.3 is 10.2 Å². The van der Waals surface area contributed by atoms with E-state index in [2.05, 4.69) is 21.2 Å². The van der Waals surface area contributed by atoms with Gasteiger partial charge in [0.05, 0.1) is 15.8 Å². The summed E-state index contributed by atoms with van der Waals surface area (Å²) in [4.78, 5) is 28.1. The molecule has 3 aromatic carbocycles. The molecule has 3 rings (SSSR count). The van der Waals surface area contributed by atoms with Gasteiger partial charge >= 0.3 is 0 Å². The van der Waals surface area contributed by atoms with Gasteiger partial charge in [-0.15, -0.1) is 11.8 Å². The Morgan fingerprint density at radius 3 is 2.35 bits per heavy atom. The van der Waals surface area contributed by atoms with Gasteiger partial charge in [-0.25, -0.2) is 0 Å². The molecular formula is C26H25BrCl2N2O2S. The third-order valence-electron chi connectivity index (χ3n) is 5.24. The van der Waals surface area contributed by atoms with Crippen LogP contribution in [0.25, 0.3) is 0 Å². The SMILES string of the molecule is CNC(=O)[C@@H](Cc1ccccc1)N(Cc1cccc(Br)c1)C(=O)CSCc1ccc(Cl)c(Cl)c1. The van der Waals surface area contributed by atoms with Crippen LogP contribution in [0.4, 0.5) is 0 Å². The predicted octanol–water partition coefficient (Wildman–Crippen LogP) is 6.38. The number of hydrogen-bond acceptors (Lipinski definition) is 3. The molecule has 0 aromatic heterocycles. The van der Waals surface area contributed by atoms with Crippen LogP contribution in [0.2, 0.25) is 10.0 Å². The Bertz CT molecular complexity index is 1130. The van der Waals surface area contributed by atoms with Crippen LogP contribution in [-0.2, 0) is 28.3 Å². The summed E-state index contributed by atoms with van der Waals surface area (Å²) in [6, 6.07) is 22.3. The average molecular weight is 580 g/mol. The van der Waals surface area contributed by atoms with Gasteiger partial charge in [0.25, 0.3) is 0 Å². The van der Waals surface area contributed by atoms with Gasteiger partial charge in [-0.3, -0.25) is 9.59 Å². The van der Waals surface area contributed by atoms with E-state index in [1.54, 1.807) is 18.0 Å². The minimum Gasteiger partial charge on any atom is -0.357 e. The van der Waals surface area contributed by atoms with E-state index >= 15 is 0 Å². The summed E-state index contributed by atoms with van der Waals surface area (Å²) in [6.45, 7) is 0.330. The summed E-state index contributed by atoms with van der Waals surface area (Å²) in [6.07, 6.45) is 0.428. The molecule has 0 aliphatic rings. The normalized spacial score (nSPS) is 11.6. The molecule has 0 bridgehead atoms. The summed E-state index contributed by atoms with van der Waals surface area (Å²) >= 11 is 17.1. The van der Waals surface area contributed by atoms with E-state index in [1.807, 2.05) is 66.7 Å². The number of nitrogens with one attached hydrogen (secondary N) is 1. The van der Waals surface area contributed by atoms with Crippen molar-refractivity contribution >= 4 is 62.7 Å². The van der Waals surface area contributed by atoms with Crippen molar-refractivity contribution in [1.29, 1.82) is 0 Å². The van der Waals surface area contributed by atoms with Gasteiger partial charge in [-0.05, 0) is 41.0 Å². The van der Waals surface area contributed by atoms with Gasteiger partial charge in [0.1, 0.15) is 6.04 Å². The van der Waals surface area contributed by atoms with E-state index in [0.717, 1.165) is 21.2 Å². The molecule has 3 aromatic rings. The highest BCUT2D eigenvalue weighted by atomic mass is 79.9. The van der Waals surface area contributed by atoms with Gasteiger partial charge in [-0.1, -0.05) is 87.7 Å². The molecule has 1 N–H and O–H groups in total. The molecule has 0 unspecified atom stereocenters. The summed E-state index contributed by atoms with van der Waals surface area (Å²) in [5, 5.41) is 3.73. The Labute approximate surface area is 223 Å². The molecule has 0 fully saturated rings. The summed E-state index contributed by atoms with van der Waals surface area (Å²) in [5.74, 6) is 0.545. The first-order valence-electron chi connectivity index (χ1n) is 10.7. The van der Waals surface area contributed by atoms with Crippen molar-refractivity contribution in [2.45, 2.75) is 24.8 Å². The van der Waals surface area contributed by atoms with Crippen molar-refractivity contribution in [2.24, 2.45) is 0 Å². The highest BCUT2D eigenvalue weighted by Crippen LogP contribution is 2.25. The molecule has 0 saturated carbocycles. The molecule has 0 radical (unpaired) electrons. The molecule has 0 aliphatic heterocycles. The number of likely N-dealkylation sites (N-methyl/N-ethyl adjacent to an activating group) is 1. The molecule has 178 valence electrons. The molecule has 1 atom stereocenters. The Morgan fingerprint density at radius 1 is 0.941 bits per heavy atom. The quantitative estimate of drug-likeness (QED) is 0.303. The van der Waals surface area contributed by atoms with Crippen molar-refractivity contribution in [3.05, 3.63) is 104 Å². The lowest BCUT2D eigenvalue weighted by Crippen LogP contribution is -2.50.